The van der Waals surface area contributed by atoms with E-state index in [2.05, 4.69) is 10.6 Å². The van der Waals surface area contributed by atoms with Crippen molar-refractivity contribution < 1.29 is 23.9 Å². The van der Waals surface area contributed by atoms with Gasteiger partial charge < -0.3 is 20.1 Å². The molecule has 1 atom stereocenters. The molecule has 2 N–H and O–H groups in total. The zero-order chi connectivity index (χ0) is 27.5. The smallest absolute Gasteiger partial charge is 0.408 e. The summed E-state index contributed by atoms with van der Waals surface area (Å²) in [4.78, 5) is 38.7. The van der Waals surface area contributed by atoms with Crippen molar-refractivity contribution in [3.8, 4) is 0 Å². The van der Waals surface area contributed by atoms with Crippen molar-refractivity contribution in [2.24, 2.45) is 0 Å². The predicted molar refractivity (Wildman–Crippen MR) is 148 cm³/mol. The Balaban J connectivity index is 1.61. The van der Waals surface area contributed by atoms with Gasteiger partial charge in [0.05, 0.1) is 13.5 Å². The Morgan fingerprint density at radius 1 is 0.692 bits per heavy atom. The third kappa shape index (κ3) is 6.70. The SMILES string of the molecule is COC(=O)[C@H](CC(=O)NC(c1ccccc1)(c1ccccc1)c1ccccc1)NC(=O)OCc1ccccc1. The highest BCUT2D eigenvalue weighted by Gasteiger charge is 2.39. The van der Waals surface area contributed by atoms with E-state index >= 15 is 0 Å². The number of benzene rings is 4. The van der Waals surface area contributed by atoms with E-state index in [1.807, 2.05) is 121 Å². The van der Waals surface area contributed by atoms with Crippen molar-refractivity contribution in [2.75, 3.05) is 7.11 Å². The van der Waals surface area contributed by atoms with Crippen molar-refractivity contribution >= 4 is 18.0 Å². The van der Waals surface area contributed by atoms with Gasteiger partial charge in [0.2, 0.25) is 5.91 Å². The second-order valence-electron chi connectivity index (χ2n) is 8.88. The molecule has 39 heavy (non-hydrogen) atoms. The minimum Gasteiger partial charge on any atom is -0.467 e. The monoisotopic (exact) mass is 522 g/mol. The first-order valence-corrected chi connectivity index (χ1v) is 12.6. The van der Waals surface area contributed by atoms with E-state index in [-0.39, 0.29) is 13.0 Å². The maximum Gasteiger partial charge on any atom is 0.408 e. The van der Waals surface area contributed by atoms with Gasteiger partial charge in [-0.2, -0.15) is 0 Å². The Morgan fingerprint density at radius 3 is 1.56 bits per heavy atom. The number of alkyl carbamates (subject to hydrolysis) is 1. The lowest BCUT2D eigenvalue weighted by atomic mass is 9.77. The van der Waals surface area contributed by atoms with Crippen LogP contribution in [0.5, 0.6) is 0 Å². The summed E-state index contributed by atoms with van der Waals surface area (Å²) in [5.74, 6) is -1.23. The lowest BCUT2D eigenvalue weighted by molar-refractivity contribution is -0.144. The molecule has 0 heterocycles. The van der Waals surface area contributed by atoms with Crippen molar-refractivity contribution in [3.05, 3.63) is 144 Å². The summed E-state index contributed by atoms with van der Waals surface area (Å²) < 4.78 is 10.1. The summed E-state index contributed by atoms with van der Waals surface area (Å²) in [6, 6.07) is 36.7. The van der Waals surface area contributed by atoms with Crippen molar-refractivity contribution in [3.63, 3.8) is 0 Å². The zero-order valence-electron chi connectivity index (χ0n) is 21.6. The van der Waals surface area contributed by atoms with Crippen LogP contribution in [0.3, 0.4) is 0 Å². The summed E-state index contributed by atoms with van der Waals surface area (Å²) in [6.45, 7) is 0.0197. The third-order valence-corrected chi connectivity index (χ3v) is 6.33. The van der Waals surface area contributed by atoms with Crippen molar-refractivity contribution in [1.29, 1.82) is 0 Å². The van der Waals surface area contributed by atoms with Crippen LogP contribution in [0.15, 0.2) is 121 Å². The lowest BCUT2D eigenvalue weighted by Gasteiger charge is -2.37. The fraction of sp³-hybridized carbons (Fsp3) is 0.156. The molecular weight excluding hydrogens is 492 g/mol. The molecule has 2 amide bonds. The summed E-state index contributed by atoms with van der Waals surface area (Å²) >= 11 is 0. The van der Waals surface area contributed by atoms with Crippen LogP contribution in [0.4, 0.5) is 4.79 Å². The van der Waals surface area contributed by atoms with E-state index in [4.69, 9.17) is 9.47 Å². The number of hydrogen-bond acceptors (Lipinski definition) is 5. The number of rotatable bonds is 10. The van der Waals surface area contributed by atoms with Crippen LogP contribution in [0.25, 0.3) is 0 Å². The van der Waals surface area contributed by atoms with Gasteiger partial charge in [-0.15, -0.1) is 0 Å². The number of amides is 2. The number of nitrogens with one attached hydrogen (secondary N) is 2. The summed E-state index contributed by atoms with van der Waals surface area (Å²) in [5, 5.41) is 5.66. The van der Waals surface area contributed by atoms with Crippen LogP contribution in [0.1, 0.15) is 28.7 Å². The Hall–Kier alpha value is -4.91. The molecule has 0 saturated carbocycles. The van der Waals surface area contributed by atoms with Crippen LogP contribution in [-0.4, -0.2) is 31.1 Å². The van der Waals surface area contributed by atoms with Gasteiger partial charge in [-0.25, -0.2) is 9.59 Å². The molecule has 0 spiro atoms. The van der Waals surface area contributed by atoms with Gasteiger partial charge in [-0.3, -0.25) is 4.79 Å². The van der Waals surface area contributed by atoms with E-state index in [0.29, 0.717) is 0 Å². The maximum atomic E-state index is 13.7. The van der Waals surface area contributed by atoms with Crippen LogP contribution < -0.4 is 10.6 Å². The highest BCUT2D eigenvalue weighted by Crippen LogP contribution is 2.36. The molecule has 0 bridgehead atoms. The largest absolute Gasteiger partial charge is 0.467 e. The van der Waals surface area contributed by atoms with E-state index in [1.165, 1.54) is 7.11 Å². The fourth-order valence-electron chi connectivity index (χ4n) is 4.47. The Kier molecular flexibility index (Phi) is 9.08. The van der Waals surface area contributed by atoms with E-state index in [1.54, 1.807) is 0 Å². The van der Waals surface area contributed by atoms with Gasteiger partial charge in [0.1, 0.15) is 18.2 Å². The fourth-order valence-corrected chi connectivity index (χ4v) is 4.47. The van der Waals surface area contributed by atoms with Crippen LogP contribution >= 0.6 is 0 Å². The molecular formula is C32H30N2O5. The molecule has 4 rings (SSSR count). The van der Waals surface area contributed by atoms with Crippen molar-refractivity contribution in [2.45, 2.75) is 24.6 Å². The number of methoxy groups -OCH3 is 1. The quantitative estimate of drug-likeness (QED) is 0.227. The Labute approximate surface area is 227 Å². The molecule has 0 fully saturated rings. The molecule has 0 unspecified atom stereocenters. The van der Waals surface area contributed by atoms with Crippen LogP contribution in [0.2, 0.25) is 0 Å². The molecule has 198 valence electrons. The second-order valence-corrected chi connectivity index (χ2v) is 8.88. The highest BCUT2D eigenvalue weighted by atomic mass is 16.6. The molecule has 0 radical (unpaired) electrons. The van der Waals surface area contributed by atoms with E-state index in [0.717, 1.165) is 22.3 Å². The average molecular weight is 523 g/mol. The maximum absolute atomic E-state index is 13.7. The number of hydrogen-bond donors (Lipinski definition) is 2. The molecule has 0 aliphatic heterocycles. The molecule has 4 aromatic rings. The van der Waals surface area contributed by atoms with Gasteiger partial charge in [0.15, 0.2) is 0 Å². The van der Waals surface area contributed by atoms with Gasteiger partial charge in [0, 0.05) is 0 Å². The van der Waals surface area contributed by atoms with Gasteiger partial charge in [-0.1, -0.05) is 121 Å². The van der Waals surface area contributed by atoms with E-state index < -0.39 is 29.6 Å². The lowest BCUT2D eigenvalue weighted by Crippen LogP contribution is -2.51. The molecule has 0 aliphatic rings. The molecule has 4 aromatic carbocycles. The minimum atomic E-state index is -1.25. The van der Waals surface area contributed by atoms with Gasteiger partial charge in [-0.05, 0) is 22.3 Å². The first-order chi connectivity index (χ1) is 19.0. The number of carbonyl (C=O) groups excluding carboxylic acids is 3. The first kappa shape index (κ1) is 27.1. The summed E-state index contributed by atoms with van der Waals surface area (Å²) in [7, 11) is 1.20. The molecule has 0 aliphatic carbocycles. The first-order valence-electron chi connectivity index (χ1n) is 12.6. The minimum absolute atomic E-state index is 0.0197. The van der Waals surface area contributed by atoms with Crippen molar-refractivity contribution in [1.82, 2.24) is 10.6 Å². The number of esters is 1. The van der Waals surface area contributed by atoms with E-state index in [9.17, 15) is 14.4 Å². The summed E-state index contributed by atoms with van der Waals surface area (Å²) in [5.41, 5.74) is 2.23. The number of carbonyl (C=O) groups is 3. The molecule has 0 aromatic heterocycles. The second kappa shape index (κ2) is 13.1. The average Bonchev–Trinajstić information content (AvgIpc) is 3.00. The number of ether oxygens (including phenoxy) is 2. The zero-order valence-corrected chi connectivity index (χ0v) is 21.6. The molecule has 7 nitrogen and oxygen atoms in total. The topological polar surface area (TPSA) is 93.7 Å². The summed E-state index contributed by atoms with van der Waals surface area (Å²) in [6.07, 6.45) is -1.19. The highest BCUT2D eigenvalue weighted by molar-refractivity contribution is 5.89. The predicted octanol–water partition coefficient (Wildman–Crippen LogP) is 4.95. The Bertz CT molecular complexity index is 1270. The third-order valence-electron chi connectivity index (χ3n) is 6.33. The Morgan fingerprint density at radius 2 is 1.13 bits per heavy atom. The van der Waals surface area contributed by atoms with Gasteiger partial charge >= 0.3 is 12.1 Å². The molecule has 0 saturated heterocycles. The molecule has 7 heteroatoms. The normalized spacial score (nSPS) is 11.6. The van der Waals surface area contributed by atoms with Crippen LogP contribution in [0, 0.1) is 0 Å². The standard InChI is InChI=1S/C32H30N2O5/c1-38-30(36)28(33-31(37)39-23-24-14-6-2-7-15-24)22-29(35)34-32(25-16-8-3-9-17-25,26-18-10-4-11-19-26)27-20-12-5-13-21-27/h2-21,28H,22-23H2,1H3,(H,33,37)(H,34,35)/t28-/m0/s1. The van der Waals surface area contributed by atoms with Gasteiger partial charge in [0.25, 0.3) is 0 Å². The van der Waals surface area contributed by atoms with Crippen LogP contribution in [-0.2, 0) is 31.2 Å².